The number of hydrogen-bond donors (Lipinski definition) is 0. The van der Waals surface area contributed by atoms with Crippen molar-refractivity contribution in [3.63, 3.8) is 0 Å². The molecule has 1 aliphatic heterocycles. The van der Waals surface area contributed by atoms with Gasteiger partial charge >= 0.3 is 0 Å². The quantitative estimate of drug-likeness (QED) is 0.822. The summed E-state index contributed by atoms with van der Waals surface area (Å²) in [7, 11) is 2.13. The van der Waals surface area contributed by atoms with Crippen LogP contribution in [0, 0.1) is 17.2 Å². The number of nitriles is 1. The summed E-state index contributed by atoms with van der Waals surface area (Å²) in [5.74, 6) is 2.54. The van der Waals surface area contributed by atoms with E-state index in [1.54, 1.807) is 6.07 Å². The van der Waals surface area contributed by atoms with Crippen molar-refractivity contribution in [1.82, 2.24) is 14.5 Å². The second-order valence-electron chi connectivity index (χ2n) is 6.12. The highest BCUT2D eigenvalue weighted by atomic mass is 16.5. The number of aromatic nitrogens is 2. The Labute approximate surface area is 137 Å². The maximum atomic E-state index is 9.06. The Hall–Kier alpha value is -2.32. The molecule has 1 unspecified atom stereocenters. The van der Waals surface area contributed by atoms with Gasteiger partial charge in [-0.1, -0.05) is 12.1 Å². The third-order valence-electron chi connectivity index (χ3n) is 4.34. The summed E-state index contributed by atoms with van der Waals surface area (Å²) in [6.07, 6.45) is 6.22. The fraction of sp³-hybridized carbons (Fsp3) is 0.444. The number of para-hydroxylation sites is 1. The topological polar surface area (TPSA) is 54.1 Å². The van der Waals surface area contributed by atoms with Crippen molar-refractivity contribution >= 4 is 0 Å². The van der Waals surface area contributed by atoms with E-state index in [1.807, 2.05) is 24.4 Å². The molecule has 0 spiro atoms. The number of rotatable bonds is 6. The minimum absolute atomic E-state index is 0.593. The average Bonchev–Trinajstić information content (AvgIpc) is 3.03. The lowest BCUT2D eigenvalue weighted by atomic mass is 9.99. The third-order valence-corrected chi connectivity index (χ3v) is 4.34. The Kier molecular flexibility index (Phi) is 4.94. The van der Waals surface area contributed by atoms with Gasteiger partial charge in [0.25, 0.3) is 0 Å². The van der Waals surface area contributed by atoms with Crippen LogP contribution in [0.1, 0.15) is 17.8 Å². The zero-order chi connectivity index (χ0) is 16.1. The highest BCUT2D eigenvalue weighted by Gasteiger charge is 2.19. The van der Waals surface area contributed by atoms with Crippen molar-refractivity contribution in [3.8, 4) is 11.8 Å². The molecule has 1 atom stereocenters. The monoisotopic (exact) mass is 310 g/mol. The first-order valence-electron chi connectivity index (χ1n) is 8.06. The summed E-state index contributed by atoms with van der Waals surface area (Å²) < 4.78 is 8.02. The summed E-state index contributed by atoms with van der Waals surface area (Å²) in [5, 5.41) is 9.06. The van der Waals surface area contributed by atoms with Gasteiger partial charge in [-0.3, -0.25) is 0 Å². The predicted molar refractivity (Wildman–Crippen MR) is 88.2 cm³/mol. The number of ether oxygens (including phenoxy) is 1. The summed E-state index contributed by atoms with van der Waals surface area (Å²) >= 11 is 0. The number of nitrogens with zero attached hydrogens (tertiary/aromatic N) is 4. The average molecular weight is 310 g/mol. The fourth-order valence-corrected chi connectivity index (χ4v) is 3.11. The van der Waals surface area contributed by atoms with Gasteiger partial charge < -0.3 is 14.2 Å². The third kappa shape index (κ3) is 3.91. The van der Waals surface area contributed by atoms with Gasteiger partial charge in [0.1, 0.15) is 24.3 Å². The van der Waals surface area contributed by atoms with Gasteiger partial charge in [0.05, 0.1) is 5.56 Å². The number of imidazole rings is 1. The van der Waals surface area contributed by atoms with Gasteiger partial charge in [-0.2, -0.15) is 5.26 Å². The highest BCUT2D eigenvalue weighted by molar-refractivity contribution is 5.42. The normalized spacial score (nSPS) is 16.8. The van der Waals surface area contributed by atoms with E-state index < -0.39 is 0 Å². The lowest BCUT2D eigenvalue weighted by Gasteiger charge is -2.28. The smallest absolute Gasteiger partial charge is 0.137 e. The summed E-state index contributed by atoms with van der Waals surface area (Å²) in [6.45, 7) is 3.56. The Morgan fingerprint density at radius 3 is 3.17 bits per heavy atom. The SMILES string of the molecule is CN(CCOc1ccccc1C#N)CC1CCc2nccn2C1. The summed E-state index contributed by atoms with van der Waals surface area (Å²) in [4.78, 5) is 6.68. The van der Waals surface area contributed by atoms with Crippen molar-refractivity contribution in [2.24, 2.45) is 5.92 Å². The van der Waals surface area contributed by atoms with Crippen LogP contribution in [0.15, 0.2) is 36.7 Å². The van der Waals surface area contributed by atoms with Crippen molar-refractivity contribution < 1.29 is 4.74 Å². The Balaban J connectivity index is 1.44. The molecule has 0 amide bonds. The molecular weight excluding hydrogens is 288 g/mol. The zero-order valence-corrected chi connectivity index (χ0v) is 13.5. The molecule has 0 saturated heterocycles. The molecule has 0 fully saturated rings. The minimum Gasteiger partial charge on any atom is -0.491 e. The van der Waals surface area contributed by atoms with E-state index >= 15 is 0 Å². The van der Waals surface area contributed by atoms with Gasteiger partial charge in [0, 0.05) is 38.4 Å². The van der Waals surface area contributed by atoms with Crippen molar-refractivity contribution in [2.75, 3.05) is 26.7 Å². The molecule has 0 N–H and O–H groups in total. The molecule has 0 radical (unpaired) electrons. The Morgan fingerprint density at radius 2 is 2.30 bits per heavy atom. The van der Waals surface area contributed by atoms with Crippen molar-refractivity contribution in [1.29, 1.82) is 5.26 Å². The maximum absolute atomic E-state index is 9.06. The molecule has 1 aliphatic rings. The van der Waals surface area contributed by atoms with E-state index in [4.69, 9.17) is 10.00 Å². The second kappa shape index (κ2) is 7.30. The molecule has 120 valence electrons. The van der Waals surface area contributed by atoms with E-state index in [0.29, 0.717) is 23.8 Å². The number of aryl methyl sites for hydroxylation is 1. The molecule has 1 aromatic carbocycles. The zero-order valence-electron chi connectivity index (χ0n) is 13.5. The molecule has 3 rings (SSSR count). The predicted octanol–water partition coefficient (Wildman–Crippen LogP) is 2.33. The van der Waals surface area contributed by atoms with Gasteiger partial charge in [0.15, 0.2) is 0 Å². The fourth-order valence-electron chi connectivity index (χ4n) is 3.11. The molecule has 0 aliphatic carbocycles. The van der Waals surface area contributed by atoms with Gasteiger partial charge in [-0.15, -0.1) is 0 Å². The lowest BCUT2D eigenvalue weighted by molar-refractivity contribution is 0.195. The van der Waals surface area contributed by atoms with Crippen molar-refractivity contribution in [3.05, 3.63) is 48.0 Å². The first-order valence-corrected chi connectivity index (χ1v) is 8.06. The second-order valence-corrected chi connectivity index (χ2v) is 6.12. The van der Waals surface area contributed by atoms with Crippen LogP contribution in [-0.2, 0) is 13.0 Å². The van der Waals surface area contributed by atoms with Crippen LogP contribution in [0.5, 0.6) is 5.75 Å². The Morgan fingerprint density at radius 1 is 1.43 bits per heavy atom. The van der Waals surface area contributed by atoms with Crippen LogP contribution in [-0.4, -0.2) is 41.2 Å². The Bertz CT molecular complexity index is 688. The molecule has 23 heavy (non-hydrogen) atoms. The molecule has 5 nitrogen and oxygen atoms in total. The summed E-state index contributed by atoms with van der Waals surface area (Å²) in [6, 6.07) is 9.53. The molecule has 5 heteroatoms. The van der Waals surface area contributed by atoms with Crippen LogP contribution in [0.4, 0.5) is 0 Å². The minimum atomic E-state index is 0.593. The van der Waals surface area contributed by atoms with Gasteiger partial charge in [-0.25, -0.2) is 4.98 Å². The van der Waals surface area contributed by atoms with E-state index in [0.717, 1.165) is 26.1 Å². The van der Waals surface area contributed by atoms with E-state index in [1.165, 1.54) is 12.2 Å². The number of hydrogen-bond acceptors (Lipinski definition) is 4. The van der Waals surface area contributed by atoms with E-state index in [2.05, 4.69) is 33.8 Å². The first kappa shape index (κ1) is 15.6. The van der Waals surface area contributed by atoms with E-state index in [9.17, 15) is 0 Å². The molecule has 0 bridgehead atoms. The van der Waals surface area contributed by atoms with Gasteiger partial charge in [0.2, 0.25) is 0 Å². The van der Waals surface area contributed by atoms with Crippen LogP contribution < -0.4 is 4.74 Å². The van der Waals surface area contributed by atoms with Crippen LogP contribution >= 0.6 is 0 Å². The molecule has 0 saturated carbocycles. The van der Waals surface area contributed by atoms with Crippen LogP contribution in [0.25, 0.3) is 0 Å². The standard InChI is InChI=1S/C18H22N4O/c1-21(10-11-23-17-5-3-2-4-16(17)12-19)13-15-6-7-18-20-8-9-22(18)14-15/h2-5,8-9,15H,6-7,10-11,13-14H2,1H3. The number of fused-ring (bicyclic) bond motifs is 1. The lowest BCUT2D eigenvalue weighted by Crippen LogP contribution is -2.33. The first-order chi connectivity index (χ1) is 11.3. The van der Waals surface area contributed by atoms with Gasteiger partial charge in [-0.05, 0) is 31.5 Å². The maximum Gasteiger partial charge on any atom is 0.137 e. The molecule has 2 heterocycles. The molecule has 1 aromatic heterocycles. The highest BCUT2D eigenvalue weighted by Crippen LogP contribution is 2.20. The summed E-state index contributed by atoms with van der Waals surface area (Å²) in [5.41, 5.74) is 0.593. The molecule has 2 aromatic rings. The molecular formula is C18H22N4O. The van der Waals surface area contributed by atoms with Crippen LogP contribution in [0.2, 0.25) is 0 Å². The van der Waals surface area contributed by atoms with Crippen molar-refractivity contribution in [2.45, 2.75) is 19.4 Å². The van der Waals surface area contributed by atoms with E-state index in [-0.39, 0.29) is 0 Å². The number of likely N-dealkylation sites (N-methyl/N-ethyl adjacent to an activating group) is 1. The largest absolute Gasteiger partial charge is 0.491 e. The van der Waals surface area contributed by atoms with Crippen LogP contribution in [0.3, 0.4) is 0 Å². The number of benzene rings is 1.